The van der Waals surface area contributed by atoms with Gasteiger partial charge < -0.3 is 14.6 Å². The Morgan fingerprint density at radius 2 is 1.83 bits per heavy atom. The first-order valence-electron chi connectivity index (χ1n) is 10.5. The number of H-pyrrole nitrogens is 1. The average Bonchev–Trinajstić information content (AvgIpc) is 3.43. The van der Waals surface area contributed by atoms with E-state index in [-0.39, 0.29) is 5.91 Å². The molecule has 0 spiro atoms. The van der Waals surface area contributed by atoms with Crippen molar-refractivity contribution in [2.24, 2.45) is 0 Å². The van der Waals surface area contributed by atoms with Crippen molar-refractivity contribution in [3.63, 3.8) is 0 Å². The number of aromatic nitrogens is 1. The van der Waals surface area contributed by atoms with E-state index in [0.717, 1.165) is 47.7 Å². The van der Waals surface area contributed by atoms with Crippen LogP contribution in [-0.2, 0) is 6.61 Å². The third kappa shape index (κ3) is 2.92. The molecule has 2 aliphatic heterocycles. The van der Waals surface area contributed by atoms with E-state index in [1.807, 2.05) is 29.2 Å². The summed E-state index contributed by atoms with van der Waals surface area (Å²) in [6.07, 6.45) is 1.99. The summed E-state index contributed by atoms with van der Waals surface area (Å²) in [5, 5.41) is 1.26. The molecular formula is C25H22N2O2S. The zero-order valence-electron chi connectivity index (χ0n) is 16.6. The number of ether oxygens (including phenoxy) is 1. The Hall–Kier alpha value is -3.05. The average molecular weight is 415 g/mol. The van der Waals surface area contributed by atoms with E-state index in [1.54, 1.807) is 11.3 Å². The number of piperidine rings is 1. The lowest BCUT2D eigenvalue weighted by atomic mass is 9.93. The van der Waals surface area contributed by atoms with Gasteiger partial charge in [0.25, 0.3) is 5.91 Å². The summed E-state index contributed by atoms with van der Waals surface area (Å²) in [5.41, 5.74) is 4.71. The van der Waals surface area contributed by atoms with Crippen LogP contribution in [0.5, 0.6) is 5.75 Å². The fourth-order valence-corrected chi connectivity index (χ4v) is 5.84. The van der Waals surface area contributed by atoms with E-state index in [1.165, 1.54) is 21.5 Å². The molecule has 0 saturated carbocycles. The Labute approximate surface area is 179 Å². The Kier molecular flexibility index (Phi) is 4.16. The van der Waals surface area contributed by atoms with Crippen molar-refractivity contribution in [3.05, 3.63) is 76.8 Å². The number of rotatable bonds is 2. The fourth-order valence-electron chi connectivity index (χ4n) is 4.67. The molecule has 1 N–H and O–H groups in total. The van der Waals surface area contributed by atoms with Crippen molar-refractivity contribution >= 4 is 28.1 Å². The molecule has 4 nitrogen and oxygen atoms in total. The van der Waals surface area contributed by atoms with E-state index in [9.17, 15) is 4.79 Å². The summed E-state index contributed by atoms with van der Waals surface area (Å²) in [4.78, 5) is 20.8. The first-order chi connectivity index (χ1) is 14.8. The first-order valence-corrected chi connectivity index (χ1v) is 11.3. The number of para-hydroxylation sites is 2. The van der Waals surface area contributed by atoms with Crippen LogP contribution in [0.4, 0.5) is 0 Å². The molecule has 0 bridgehead atoms. The van der Waals surface area contributed by atoms with Crippen LogP contribution in [0, 0.1) is 0 Å². The van der Waals surface area contributed by atoms with E-state index in [0.29, 0.717) is 12.5 Å². The molecule has 2 aromatic carbocycles. The molecule has 150 valence electrons. The molecule has 0 aliphatic carbocycles. The number of amides is 1. The van der Waals surface area contributed by atoms with Crippen LogP contribution in [0.15, 0.2) is 60.7 Å². The maximum Gasteiger partial charge on any atom is 0.263 e. The lowest BCUT2D eigenvalue weighted by Crippen LogP contribution is -2.37. The highest BCUT2D eigenvalue weighted by Crippen LogP contribution is 2.42. The van der Waals surface area contributed by atoms with Gasteiger partial charge in [-0.05, 0) is 48.6 Å². The Morgan fingerprint density at radius 1 is 1.03 bits per heavy atom. The number of hydrogen-bond donors (Lipinski definition) is 1. The number of carbonyl (C=O) groups is 1. The van der Waals surface area contributed by atoms with Gasteiger partial charge in [-0.2, -0.15) is 0 Å². The summed E-state index contributed by atoms with van der Waals surface area (Å²) in [6.45, 7) is 2.14. The van der Waals surface area contributed by atoms with Crippen molar-refractivity contribution in [2.45, 2.75) is 25.4 Å². The van der Waals surface area contributed by atoms with Crippen LogP contribution in [0.2, 0.25) is 0 Å². The van der Waals surface area contributed by atoms with Crippen LogP contribution in [-0.4, -0.2) is 28.9 Å². The van der Waals surface area contributed by atoms with Crippen LogP contribution >= 0.6 is 11.3 Å². The van der Waals surface area contributed by atoms with Gasteiger partial charge in [0.2, 0.25) is 0 Å². The molecular weight excluding hydrogens is 392 g/mol. The highest BCUT2D eigenvalue weighted by atomic mass is 32.1. The van der Waals surface area contributed by atoms with Crippen molar-refractivity contribution in [3.8, 4) is 16.2 Å². The van der Waals surface area contributed by atoms with Gasteiger partial charge >= 0.3 is 0 Å². The number of thiophene rings is 1. The monoisotopic (exact) mass is 414 g/mol. The molecule has 1 amide bonds. The molecule has 2 aromatic heterocycles. The molecule has 0 unspecified atom stereocenters. The number of hydrogen-bond acceptors (Lipinski definition) is 3. The molecule has 30 heavy (non-hydrogen) atoms. The Balaban J connectivity index is 1.19. The highest BCUT2D eigenvalue weighted by molar-refractivity contribution is 7.17. The van der Waals surface area contributed by atoms with Crippen molar-refractivity contribution in [1.29, 1.82) is 0 Å². The van der Waals surface area contributed by atoms with Crippen LogP contribution < -0.4 is 4.74 Å². The molecule has 0 radical (unpaired) electrons. The number of carbonyl (C=O) groups excluding carboxylic acids is 1. The molecule has 1 fully saturated rings. The van der Waals surface area contributed by atoms with Crippen molar-refractivity contribution in [2.75, 3.05) is 13.1 Å². The van der Waals surface area contributed by atoms with E-state index in [2.05, 4.69) is 41.4 Å². The predicted molar refractivity (Wildman–Crippen MR) is 120 cm³/mol. The minimum Gasteiger partial charge on any atom is -0.488 e. The number of aromatic amines is 1. The van der Waals surface area contributed by atoms with E-state index < -0.39 is 0 Å². The number of benzene rings is 2. The minimum atomic E-state index is 0.155. The minimum absolute atomic E-state index is 0.155. The van der Waals surface area contributed by atoms with Crippen LogP contribution in [0.3, 0.4) is 0 Å². The second-order valence-corrected chi connectivity index (χ2v) is 9.18. The van der Waals surface area contributed by atoms with Gasteiger partial charge in [-0.15, -0.1) is 11.3 Å². The number of fused-ring (bicyclic) bond motifs is 4. The van der Waals surface area contributed by atoms with E-state index in [4.69, 9.17) is 4.74 Å². The van der Waals surface area contributed by atoms with Crippen molar-refractivity contribution in [1.82, 2.24) is 9.88 Å². The number of likely N-dealkylation sites (tertiary alicyclic amines) is 1. The van der Waals surface area contributed by atoms with Crippen LogP contribution in [0.1, 0.15) is 39.7 Å². The predicted octanol–water partition coefficient (Wildman–Crippen LogP) is 5.81. The standard InChI is InChI=1S/C25H22N2O2S/c28-25(23-14-18-15-29-22-8-4-2-6-19(22)24(18)30-23)27-11-9-16(10-12-27)21-13-17-5-1-3-7-20(17)26-21/h1-8,13-14,16,26H,9-12,15H2. The SMILES string of the molecule is O=C(c1cc2c(s1)-c1ccccc1OC2)N1CCC(c2cc3ccccc3[nH]2)CC1. The third-order valence-corrected chi connectivity index (χ3v) is 7.51. The van der Waals surface area contributed by atoms with Gasteiger partial charge in [-0.25, -0.2) is 0 Å². The van der Waals surface area contributed by atoms with E-state index >= 15 is 0 Å². The Bertz CT molecular complexity index is 1210. The lowest BCUT2D eigenvalue weighted by molar-refractivity contribution is 0.0717. The molecule has 2 aliphatic rings. The quantitative estimate of drug-likeness (QED) is 0.450. The van der Waals surface area contributed by atoms with Gasteiger partial charge in [0.1, 0.15) is 12.4 Å². The first kappa shape index (κ1) is 17.8. The summed E-state index contributed by atoms with van der Waals surface area (Å²) in [7, 11) is 0. The molecule has 4 aromatic rings. The molecule has 5 heteroatoms. The van der Waals surface area contributed by atoms with Crippen molar-refractivity contribution < 1.29 is 9.53 Å². The maximum atomic E-state index is 13.2. The number of nitrogens with zero attached hydrogens (tertiary/aromatic N) is 1. The zero-order chi connectivity index (χ0) is 20.1. The fraction of sp³-hybridized carbons (Fsp3) is 0.240. The summed E-state index contributed by atoms with van der Waals surface area (Å²) < 4.78 is 5.85. The molecule has 6 rings (SSSR count). The summed E-state index contributed by atoms with van der Waals surface area (Å²) >= 11 is 1.60. The van der Waals surface area contributed by atoms with Gasteiger partial charge in [0.15, 0.2) is 0 Å². The Morgan fingerprint density at radius 3 is 2.70 bits per heavy atom. The maximum absolute atomic E-state index is 13.2. The van der Waals surface area contributed by atoms with Gasteiger partial charge in [-0.3, -0.25) is 4.79 Å². The molecule has 0 atom stereocenters. The zero-order valence-corrected chi connectivity index (χ0v) is 17.4. The second-order valence-electron chi connectivity index (χ2n) is 8.13. The summed E-state index contributed by atoms with van der Waals surface area (Å²) in [6, 6.07) is 20.8. The second kappa shape index (κ2) is 7.03. The highest BCUT2D eigenvalue weighted by Gasteiger charge is 2.28. The molecule has 4 heterocycles. The topological polar surface area (TPSA) is 45.3 Å². The smallest absolute Gasteiger partial charge is 0.263 e. The lowest BCUT2D eigenvalue weighted by Gasteiger charge is -2.31. The van der Waals surface area contributed by atoms with Gasteiger partial charge in [0.05, 0.1) is 4.88 Å². The number of nitrogens with one attached hydrogen (secondary N) is 1. The van der Waals surface area contributed by atoms with Crippen LogP contribution in [0.25, 0.3) is 21.3 Å². The third-order valence-electron chi connectivity index (χ3n) is 6.31. The molecule has 1 saturated heterocycles. The summed E-state index contributed by atoms with van der Waals surface area (Å²) in [5.74, 6) is 1.55. The van der Waals surface area contributed by atoms with Gasteiger partial charge in [0, 0.05) is 46.2 Å². The normalized spacial score (nSPS) is 16.2. The van der Waals surface area contributed by atoms with Gasteiger partial charge in [-0.1, -0.05) is 30.3 Å². The largest absolute Gasteiger partial charge is 0.488 e.